The molecule has 2 nitrogen and oxygen atoms in total. The van der Waals surface area contributed by atoms with Gasteiger partial charge in [0.25, 0.3) is 0 Å². The van der Waals surface area contributed by atoms with Crippen LogP contribution in [0.3, 0.4) is 0 Å². The van der Waals surface area contributed by atoms with E-state index in [-0.39, 0.29) is 22.4 Å². The largest absolute Gasteiger partial charge is 0.458 e. The molecule has 3 aliphatic carbocycles. The number of aryl methyl sites for hydroxylation is 1. The van der Waals surface area contributed by atoms with Crippen molar-refractivity contribution < 1.29 is 9.53 Å². The molecule has 0 radical (unpaired) electrons. The standard InChI is InChI=1S/C24H32O2/c1-22(2)14-15-24(26-21(22)25)13-11-20-19-9-8-16-6-4-5-7-17(16)18(19)10-12-23(20,24)3/h4-7,18-20H,8-15H2,1-3H3/t18?,19?,20?,23-,24+/m0/s1. The molecule has 1 aromatic carbocycles. The fraction of sp³-hybridized carbons (Fsp3) is 0.708. The second-order valence-electron chi connectivity index (χ2n) is 10.4. The molecule has 140 valence electrons. The van der Waals surface area contributed by atoms with Crippen LogP contribution in [0.5, 0.6) is 0 Å². The van der Waals surface area contributed by atoms with E-state index in [0.29, 0.717) is 5.92 Å². The molecule has 2 heteroatoms. The SMILES string of the molecule is CC1(C)CC[C@@]2(CCC3C4CCc5ccccc5C4CC[C@@]32C)OC1=O. The number of ether oxygens (including phenoxy) is 1. The summed E-state index contributed by atoms with van der Waals surface area (Å²) in [4.78, 5) is 12.7. The second kappa shape index (κ2) is 5.36. The highest BCUT2D eigenvalue weighted by Crippen LogP contribution is 2.67. The quantitative estimate of drug-likeness (QED) is 0.564. The molecule has 3 fully saturated rings. The van der Waals surface area contributed by atoms with E-state index in [9.17, 15) is 4.79 Å². The molecule has 5 atom stereocenters. The molecule has 1 heterocycles. The van der Waals surface area contributed by atoms with Gasteiger partial charge in [-0.2, -0.15) is 0 Å². The van der Waals surface area contributed by atoms with E-state index in [0.717, 1.165) is 31.1 Å². The van der Waals surface area contributed by atoms with Crippen molar-refractivity contribution in [3.8, 4) is 0 Å². The second-order valence-corrected chi connectivity index (χ2v) is 10.4. The van der Waals surface area contributed by atoms with Gasteiger partial charge in [-0.15, -0.1) is 0 Å². The zero-order valence-electron chi connectivity index (χ0n) is 16.5. The normalized spacial score (nSPS) is 43.3. The van der Waals surface area contributed by atoms with E-state index in [2.05, 4.69) is 31.2 Å². The van der Waals surface area contributed by atoms with Gasteiger partial charge in [-0.05, 0) is 94.1 Å². The summed E-state index contributed by atoms with van der Waals surface area (Å²) in [5, 5.41) is 0. The third kappa shape index (κ3) is 2.08. The first-order chi connectivity index (χ1) is 12.4. The van der Waals surface area contributed by atoms with Gasteiger partial charge in [0, 0.05) is 5.41 Å². The highest BCUT2D eigenvalue weighted by atomic mass is 16.6. The number of fused-ring (bicyclic) bond motifs is 6. The maximum atomic E-state index is 12.7. The van der Waals surface area contributed by atoms with Gasteiger partial charge in [0.2, 0.25) is 0 Å². The third-order valence-corrected chi connectivity index (χ3v) is 8.92. The molecule has 26 heavy (non-hydrogen) atoms. The lowest BCUT2D eigenvalue weighted by Crippen LogP contribution is -2.56. The van der Waals surface area contributed by atoms with Crippen molar-refractivity contribution in [3.05, 3.63) is 35.4 Å². The molecule has 1 aromatic rings. The summed E-state index contributed by atoms with van der Waals surface area (Å²) >= 11 is 0. The lowest BCUT2D eigenvalue weighted by atomic mass is 9.52. The molecule has 0 aromatic heterocycles. The van der Waals surface area contributed by atoms with E-state index in [1.165, 1.54) is 32.1 Å². The minimum atomic E-state index is -0.305. The molecule has 0 N–H and O–H groups in total. The number of rotatable bonds is 0. The molecule has 3 unspecified atom stereocenters. The van der Waals surface area contributed by atoms with Crippen molar-refractivity contribution in [2.24, 2.45) is 22.7 Å². The molecule has 4 aliphatic rings. The molecule has 1 aliphatic heterocycles. The van der Waals surface area contributed by atoms with Gasteiger partial charge in [0.05, 0.1) is 5.41 Å². The smallest absolute Gasteiger partial charge is 0.312 e. The molecule has 0 bridgehead atoms. The van der Waals surface area contributed by atoms with Crippen LogP contribution in [0.2, 0.25) is 0 Å². The van der Waals surface area contributed by atoms with Gasteiger partial charge in [0.15, 0.2) is 0 Å². The van der Waals surface area contributed by atoms with E-state index < -0.39 is 0 Å². The van der Waals surface area contributed by atoms with Gasteiger partial charge in [-0.3, -0.25) is 4.79 Å². The maximum Gasteiger partial charge on any atom is 0.312 e. The van der Waals surface area contributed by atoms with Gasteiger partial charge < -0.3 is 4.74 Å². The van der Waals surface area contributed by atoms with Crippen LogP contribution in [0.4, 0.5) is 0 Å². The Morgan fingerprint density at radius 3 is 2.58 bits per heavy atom. The van der Waals surface area contributed by atoms with Crippen molar-refractivity contribution in [1.82, 2.24) is 0 Å². The number of benzene rings is 1. The monoisotopic (exact) mass is 352 g/mol. The fourth-order valence-corrected chi connectivity index (χ4v) is 7.18. The fourth-order valence-electron chi connectivity index (χ4n) is 7.18. The van der Waals surface area contributed by atoms with Crippen LogP contribution in [0.15, 0.2) is 24.3 Å². The van der Waals surface area contributed by atoms with Crippen molar-refractivity contribution in [2.75, 3.05) is 0 Å². The first kappa shape index (κ1) is 16.8. The number of hydrogen-bond donors (Lipinski definition) is 0. The molecule has 0 amide bonds. The van der Waals surface area contributed by atoms with E-state index in [1.807, 2.05) is 13.8 Å². The maximum absolute atomic E-state index is 12.7. The van der Waals surface area contributed by atoms with Crippen LogP contribution in [-0.4, -0.2) is 11.6 Å². The molecule has 1 spiro atoms. The number of esters is 1. The van der Waals surface area contributed by atoms with Crippen LogP contribution < -0.4 is 0 Å². The summed E-state index contributed by atoms with van der Waals surface area (Å²) < 4.78 is 6.33. The summed E-state index contributed by atoms with van der Waals surface area (Å²) in [6, 6.07) is 9.12. The Balaban J connectivity index is 1.48. The Kier molecular flexibility index (Phi) is 3.47. The Bertz CT molecular complexity index is 750. The van der Waals surface area contributed by atoms with Crippen molar-refractivity contribution in [3.63, 3.8) is 0 Å². The first-order valence-corrected chi connectivity index (χ1v) is 10.7. The molecular weight excluding hydrogens is 320 g/mol. The zero-order chi connectivity index (χ0) is 18.2. The zero-order valence-corrected chi connectivity index (χ0v) is 16.5. The van der Waals surface area contributed by atoms with Crippen LogP contribution in [0, 0.1) is 22.7 Å². The van der Waals surface area contributed by atoms with Gasteiger partial charge >= 0.3 is 5.97 Å². The summed E-state index contributed by atoms with van der Waals surface area (Å²) in [6.07, 6.45) is 9.38. The van der Waals surface area contributed by atoms with Gasteiger partial charge in [-0.25, -0.2) is 0 Å². The Morgan fingerprint density at radius 2 is 1.77 bits per heavy atom. The van der Waals surface area contributed by atoms with Gasteiger partial charge in [0.1, 0.15) is 5.60 Å². The summed E-state index contributed by atoms with van der Waals surface area (Å²) in [7, 11) is 0. The predicted octanol–water partition coefficient (Wildman–Crippen LogP) is 5.64. The minimum absolute atomic E-state index is 0.0433. The minimum Gasteiger partial charge on any atom is -0.458 e. The lowest BCUT2D eigenvalue weighted by Gasteiger charge is -2.56. The van der Waals surface area contributed by atoms with Crippen LogP contribution >= 0.6 is 0 Å². The van der Waals surface area contributed by atoms with Crippen LogP contribution in [0.25, 0.3) is 0 Å². The predicted molar refractivity (Wildman–Crippen MR) is 103 cm³/mol. The van der Waals surface area contributed by atoms with Crippen molar-refractivity contribution in [2.45, 2.75) is 83.7 Å². The van der Waals surface area contributed by atoms with Crippen molar-refractivity contribution in [1.29, 1.82) is 0 Å². The van der Waals surface area contributed by atoms with Crippen molar-refractivity contribution >= 4 is 5.97 Å². The molecule has 1 saturated heterocycles. The number of hydrogen-bond acceptors (Lipinski definition) is 2. The molecule has 2 saturated carbocycles. The first-order valence-electron chi connectivity index (χ1n) is 10.7. The average molecular weight is 353 g/mol. The lowest BCUT2D eigenvalue weighted by molar-refractivity contribution is -0.206. The van der Waals surface area contributed by atoms with E-state index in [1.54, 1.807) is 11.1 Å². The van der Waals surface area contributed by atoms with Crippen LogP contribution in [0.1, 0.15) is 82.8 Å². The number of carbonyl (C=O) groups excluding carboxylic acids is 1. The van der Waals surface area contributed by atoms with E-state index in [4.69, 9.17) is 4.74 Å². The average Bonchev–Trinajstić information content (AvgIpc) is 2.91. The highest BCUT2D eigenvalue weighted by Gasteiger charge is 2.65. The topological polar surface area (TPSA) is 26.3 Å². The Labute approximate surface area is 157 Å². The molecular formula is C24H32O2. The summed E-state index contributed by atoms with van der Waals surface area (Å²) in [6.45, 7) is 6.56. The number of carbonyl (C=O) groups is 1. The third-order valence-electron chi connectivity index (χ3n) is 8.92. The Morgan fingerprint density at radius 1 is 0.962 bits per heavy atom. The summed E-state index contributed by atoms with van der Waals surface area (Å²) in [5.74, 6) is 2.26. The Hall–Kier alpha value is -1.31. The van der Waals surface area contributed by atoms with Crippen LogP contribution in [-0.2, 0) is 16.0 Å². The summed E-state index contributed by atoms with van der Waals surface area (Å²) in [5.41, 5.74) is 2.88. The molecule has 5 rings (SSSR count). The highest BCUT2D eigenvalue weighted by molar-refractivity contribution is 5.77. The van der Waals surface area contributed by atoms with Gasteiger partial charge in [-0.1, -0.05) is 31.2 Å². The van der Waals surface area contributed by atoms with E-state index >= 15 is 0 Å².